The number of thiazole rings is 1. The minimum atomic E-state index is -1.04. The van der Waals surface area contributed by atoms with E-state index < -0.39 is 5.97 Å². The van der Waals surface area contributed by atoms with Crippen LogP contribution >= 0.6 is 11.3 Å². The number of carbonyl (C=O) groups is 2. The third-order valence-corrected chi connectivity index (χ3v) is 2.66. The summed E-state index contributed by atoms with van der Waals surface area (Å²) in [6, 6.07) is 0. The second-order valence-corrected chi connectivity index (χ2v) is 4.04. The summed E-state index contributed by atoms with van der Waals surface area (Å²) in [5.74, 6) is -1.26. The van der Waals surface area contributed by atoms with E-state index in [1.807, 2.05) is 0 Å². The maximum atomic E-state index is 11.0. The monoisotopic (exact) mass is 258 g/mol. The maximum Gasteiger partial charge on any atom is 0.355 e. The molecule has 1 aromatic heterocycles. The molecule has 0 aliphatic heterocycles. The van der Waals surface area contributed by atoms with Gasteiger partial charge in [0, 0.05) is 18.3 Å². The first kappa shape index (κ1) is 13.4. The average Bonchev–Trinajstić information content (AvgIpc) is 2.73. The number of rotatable bonds is 7. The molecule has 0 bridgehead atoms. The number of carbonyl (C=O) groups excluding carboxylic acids is 1. The van der Waals surface area contributed by atoms with Gasteiger partial charge in [-0.1, -0.05) is 0 Å². The van der Waals surface area contributed by atoms with Gasteiger partial charge < -0.3 is 15.2 Å². The molecule has 17 heavy (non-hydrogen) atoms. The van der Waals surface area contributed by atoms with E-state index in [-0.39, 0.29) is 11.7 Å². The number of nitrogens with zero attached hydrogens (tertiary/aromatic N) is 1. The summed E-state index contributed by atoms with van der Waals surface area (Å²) < 4.78 is 4.77. The number of esters is 1. The van der Waals surface area contributed by atoms with Gasteiger partial charge in [0.2, 0.25) is 0 Å². The minimum absolute atomic E-state index is 0.0305. The van der Waals surface area contributed by atoms with Gasteiger partial charge >= 0.3 is 11.9 Å². The average molecular weight is 258 g/mol. The molecule has 0 aliphatic carbocycles. The number of carboxylic acid groups (broad SMARTS) is 1. The summed E-state index contributed by atoms with van der Waals surface area (Å²) in [6.07, 6.45) is 0.971. The Hall–Kier alpha value is -1.63. The van der Waals surface area contributed by atoms with E-state index in [9.17, 15) is 9.59 Å². The van der Waals surface area contributed by atoms with Crippen molar-refractivity contribution in [3.8, 4) is 0 Å². The number of anilines is 1. The van der Waals surface area contributed by atoms with Gasteiger partial charge in [-0.3, -0.25) is 4.79 Å². The number of hydrogen-bond donors (Lipinski definition) is 2. The molecule has 1 rings (SSSR count). The molecular weight excluding hydrogens is 244 g/mol. The predicted octanol–water partition coefficient (Wildman–Crippen LogP) is 1.60. The highest BCUT2D eigenvalue weighted by atomic mass is 32.1. The van der Waals surface area contributed by atoms with Crippen molar-refractivity contribution in [2.45, 2.75) is 19.8 Å². The lowest BCUT2D eigenvalue weighted by atomic mass is 10.3. The van der Waals surface area contributed by atoms with Crippen LogP contribution in [0.1, 0.15) is 30.3 Å². The predicted molar refractivity (Wildman–Crippen MR) is 63.4 cm³/mol. The van der Waals surface area contributed by atoms with Crippen molar-refractivity contribution in [2.24, 2.45) is 0 Å². The Morgan fingerprint density at radius 2 is 2.35 bits per heavy atom. The summed E-state index contributed by atoms with van der Waals surface area (Å²) in [5.41, 5.74) is 0.0305. The number of ether oxygens (including phenoxy) is 1. The van der Waals surface area contributed by atoms with Crippen LogP contribution in [0.2, 0.25) is 0 Å². The fourth-order valence-electron chi connectivity index (χ4n) is 1.11. The Bertz CT molecular complexity index is 391. The number of hydrogen-bond acceptors (Lipinski definition) is 6. The lowest BCUT2D eigenvalue weighted by molar-refractivity contribution is -0.143. The largest absolute Gasteiger partial charge is 0.476 e. The molecule has 2 N–H and O–H groups in total. The van der Waals surface area contributed by atoms with E-state index in [4.69, 9.17) is 9.84 Å². The summed E-state index contributed by atoms with van der Waals surface area (Å²) in [4.78, 5) is 25.4. The molecule has 1 aromatic rings. The van der Waals surface area contributed by atoms with Crippen molar-refractivity contribution in [1.82, 2.24) is 4.98 Å². The molecule has 7 heteroatoms. The summed E-state index contributed by atoms with van der Waals surface area (Å²) in [5, 5.41) is 13.6. The van der Waals surface area contributed by atoms with Crippen LogP contribution in [0.15, 0.2) is 5.38 Å². The van der Waals surface area contributed by atoms with Crippen LogP contribution in [-0.2, 0) is 9.53 Å². The smallest absolute Gasteiger partial charge is 0.355 e. The molecule has 0 amide bonds. The molecule has 0 unspecified atom stereocenters. The first-order valence-corrected chi connectivity index (χ1v) is 6.09. The van der Waals surface area contributed by atoms with Crippen molar-refractivity contribution in [3.05, 3.63) is 11.1 Å². The van der Waals surface area contributed by atoms with Crippen LogP contribution in [-0.4, -0.2) is 35.2 Å². The number of carboxylic acids is 1. The minimum Gasteiger partial charge on any atom is -0.476 e. The maximum absolute atomic E-state index is 11.0. The van der Waals surface area contributed by atoms with E-state index in [0.717, 1.165) is 0 Å². The zero-order valence-electron chi connectivity index (χ0n) is 9.43. The van der Waals surface area contributed by atoms with Gasteiger partial charge in [0.1, 0.15) is 0 Å². The summed E-state index contributed by atoms with van der Waals surface area (Å²) in [7, 11) is 0. The molecular formula is C10H14N2O4S. The van der Waals surface area contributed by atoms with E-state index in [1.165, 1.54) is 16.7 Å². The van der Waals surface area contributed by atoms with Gasteiger partial charge in [-0.25, -0.2) is 9.78 Å². The quantitative estimate of drug-likeness (QED) is 0.570. The summed E-state index contributed by atoms with van der Waals surface area (Å²) in [6.45, 7) is 2.71. The molecule has 0 saturated carbocycles. The van der Waals surface area contributed by atoms with E-state index in [1.54, 1.807) is 6.92 Å². The molecule has 0 saturated heterocycles. The fraction of sp³-hybridized carbons (Fsp3) is 0.500. The first-order chi connectivity index (χ1) is 8.13. The zero-order valence-corrected chi connectivity index (χ0v) is 10.2. The van der Waals surface area contributed by atoms with Crippen molar-refractivity contribution >= 4 is 28.4 Å². The zero-order chi connectivity index (χ0) is 12.7. The molecule has 0 fully saturated rings. The Labute approximate surface area is 103 Å². The SMILES string of the molecule is CCOC(=O)CCCNc1nc(C(=O)O)cs1. The van der Waals surface area contributed by atoms with Gasteiger partial charge in [0.05, 0.1) is 6.61 Å². The molecule has 0 aliphatic rings. The Morgan fingerprint density at radius 1 is 1.59 bits per heavy atom. The molecule has 0 atom stereocenters. The van der Waals surface area contributed by atoms with E-state index >= 15 is 0 Å². The highest BCUT2D eigenvalue weighted by Gasteiger charge is 2.08. The van der Waals surface area contributed by atoms with Crippen LogP contribution in [0.5, 0.6) is 0 Å². The summed E-state index contributed by atoms with van der Waals surface area (Å²) >= 11 is 1.23. The van der Waals surface area contributed by atoms with Crippen molar-refractivity contribution in [1.29, 1.82) is 0 Å². The van der Waals surface area contributed by atoms with Crippen molar-refractivity contribution in [3.63, 3.8) is 0 Å². The van der Waals surface area contributed by atoms with Gasteiger partial charge in [-0.15, -0.1) is 11.3 Å². The molecule has 0 radical (unpaired) electrons. The highest BCUT2D eigenvalue weighted by Crippen LogP contribution is 2.15. The molecule has 6 nitrogen and oxygen atoms in total. The lowest BCUT2D eigenvalue weighted by Crippen LogP contribution is -2.08. The van der Waals surface area contributed by atoms with Crippen molar-refractivity contribution < 1.29 is 19.4 Å². The van der Waals surface area contributed by atoms with Crippen LogP contribution in [0.3, 0.4) is 0 Å². The van der Waals surface area contributed by atoms with E-state index in [0.29, 0.717) is 31.1 Å². The third kappa shape index (κ3) is 4.81. The Morgan fingerprint density at radius 3 is 2.94 bits per heavy atom. The Balaban J connectivity index is 2.22. The van der Waals surface area contributed by atoms with Crippen molar-refractivity contribution in [2.75, 3.05) is 18.5 Å². The normalized spacial score (nSPS) is 9.94. The number of aromatic nitrogens is 1. The molecule has 0 spiro atoms. The van der Waals surface area contributed by atoms with Crippen LogP contribution in [0.4, 0.5) is 5.13 Å². The van der Waals surface area contributed by atoms with Crippen LogP contribution in [0.25, 0.3) is 0 Å². The van der Waals surface area contributed by atoms with Gasteiger partial charge in [0.25, 0.3) is 0 Å². The fourth-order valence-corrected chi connectivity index (χ4v) is 1.83. The molecule has 1 heterocycles. The first-order valence-electron chi connectivity index (χ1n) is 5.21. The topological polar surface area (TPSA) is 88.5 Å². The second kappa shape index (κ2) is 6.85. The molecule has 0 aromatic carbocycles. The number of nitrogens with one attached hydrogen (secondary N) is 1. The lowest BCUT2D eigenvalue weighted by Gasteiger charge is -2.02. The number of aromatic carboxylic acids is 1. The van der Waals surface area contributed by atoms with Gasteiger partial charge in [-0.2, -0.15) is 0 Å². The third-order valence-electron chi connectivity index (χ3n) is 1.86. The van der Waals surface area contributed by atoms with Gasteiger partial charge in [0.15, 0.2) is 10.8 Å². The van der Waals surface area contributed by atoms with Gasteiger partial charge in [-0.05, 0) is 13.3 Å². The Kier molecular flexibility index (Phi) is 5.41. The highest BCUT2D eigenvalue weighted by molar-refractivity contribution is 7.13. The van der Waals surface area contributed by atoms with Crippen LogP contribution in [0, 0.1) is 0 Å². The van der Waals surface area contributed by atoms with E-state index in [2.05, 4.69) is 10.3 Å². The standard InChI is InChI=1S/C10H14N2O4S/c1-2-16-8(13)4-3-5-11-10-12-7(6-17-10)9(14)15/h6H,2-5H2,1H3,(H,11,12)(H,14,15). The second-order valence-electron chi connectivity index (χ2n) is 3.18. The van der Waals surface area contributed by atoms with Crippen LogP contribution < -0.4 is 5.32 Å². The molecule has 94 valence electrons.